The molecule has 1 atom stereocenters. The van der Waals surface area contributed by atoms with Crippen LogP contribution in [-0.2, 0) is 66.3 Å². The fourth-order valence-electron chi connectivity index (χ4n) is 6.78. The Morgan fingerprint density at radius 1 is 0.726 bits per heavy atom. The number of hydrogen-bond acceptors (Lipinski definition) is 31. The van der Waals surface area contributed by atoms with Gasteiger partial charge in [-0.1, -0.05) is 30.3 Å². The summed E-state index contributed by atoms with van der Waals surface area (Å²) in [6.45, 7) is -1.08. The van der Waals surface area contributed by atoms with Crippen LogP contribution in [0.15, 0.2) is 90.2 Å². The molecule has 0 saturated carbocycles. The molecule has 0 saturated heterocycles. The molecular formula is C47H50N12O24S. The molecule has 0 aliphatic rings. The summed E-state index contributed by atoms with van der Waals surface area (Å²) in [5, 5.41) is 39.6. The van der Waals surface area contributed by atoms with Gasteiger partial charge in [0.15, 0.2) is 41.1 Å². The topological polar surface area (TPSA) is 433 Å². The highest BCUT2D eigenvalue weighted by atomic mass is 32.2. The summed E-state index contributed by atoms with van der Waals surface area (Å²) in [4.78, 5) is 101. The Bertz CT molecular complexity index is 3320. The summed E-state index contributed by atoms with van der Waals surface area (Å²) in [7, 11) is -3.75. The molecule has 0 radical (unpaired) electrons. The highest BCUT2D eigenvalue weighted by molar-refractivity contribution is 7.92. The minimum Gasteiger partial charge on any atom is -0.493 e. The molecule has 0 fully saturated rings. The van der Waals surface area contributed by atoms with Crippen molar-refractivity contribution in [1.82, 2.24) is 40.1 Å². The number of unbranched alkanes of at least 4 members (excludes halogenated alkanes) is 2. The zero-order chi connectivity index (χ0) is 60.4. The van der Waals surface area contributed by atoms with E-state index in [1.165, 1.54) is 80.2 Å². The third-order valence-electron chi connectivity index (χ3n) is 10.5. The number of nitrogens with zero attached hydrogens (tertiary/aromatic N) is 12. The van der Waals surface area contributed by atoms with Gasteiger partial charge in [-0.05, 0) is 97.1 Å². The molecule has 2 aromatic carbocycles. The van der Waals surface area contributed by atoms with Gasteiger partial charge in [-0.25, -0.2) is 28.7 Å². The highest BCUT2D eigenvalue weighted by Gasteiger charge is 2.39. The second kappa shape index (κ2) is 31.4. The maximum Gasteiger partial charge on any atom is 0.513 e. The van der Waals surface area contributed by atoms with E-state index in [4.69, 9.17) is 52.4 Å². The monoisotopic (exact) mass is 1200 g/mol. The molecule has 6 rings (SSSR count). The van der Waals surface area contributed by atoms with Gasteiger partial charge in [0, 0.05) is 18.0 Å². The minimum absolute atomic E-state index is 0.00166. The van der Waals surface area contributed by atoms with E-state index in [2.05, 4.69) is 45.0 Å². The highest BCUT2D eigenvalue weighted by Crippen LogP contribution is 2.45. The minimum atomic E-state index is -5.07. The van der Waals surface area contributed by atoms with Crippen molar-refractivity contribution < 1.29 is 99.9 Å². The number of hydrogen-bond donors (Lipinski definition) is 0. The Labute approximate surface area is 473 Å². The van der Waals surface area contributed by atoms with Crippen LogP contribution in [-0.4, -0.2) is 148 Å². The Morgan fingerprint density at radius 2 is 1.44 bits per heavy atom. The molecule has 6 aromatic rings. The molecule has 0 aliphatic carbocycles. The third kappa shape index (κ3) is 19.3. The summed E-state index contributed by atoms with van der Waals surface area (Å²) in [6, 6.07) is 17.0. The molecule has 4 heterocycles. The fourth-order valence-corrected chi connectivity index (χ4v) is 8.19. The van der Waals surface area contributed by atoms with Crippen molar-refractivity contribution in [3.8, 4) is 51.8 Å². The van der Waals surface area contributed by atoms with Crippen LogP contribution in [0.4, 0.5) is 20.2 Å². The van der Waals surface area contributed by atoms with Gasteiger partial charge in [-0.3, -0.25) is 4.98 Å². The number of ether oxygens (including phenoxy) is 10. The molecule has 0 N–H and O–H groups in total. The van der Waals surface area contributed by atoms with Crippen LogP contribution >= 0.6 is 0 Å². The van der Waals surface area contributed by atoms with E-state index in [0.717, 1.165) is 11.6 Å². The van der Waals surface area contributed by atoms with Gasteiger partial charge >= 0.3 is 18.5 Å². The number of tetrazole rings is 1. The number of methoxy groups -OCH3 is 1. The molecule has 0 spiro atoms. The molecule has 0 bridgehead atoms. The van der Waals surface area contributed by atoms with Gasteiger partial charge in [0.05, 0.1) is 33.5 Å². The van der Waals surface area contributed by atoms with Crippen LogP contribution in [0.1, 0.15) is 37.3 Å². The smallest absolute Gasteiger partial charge is 0.493 e. The largest absolute Gasteiger partial charge is 0.513 e. The van der Waals surface area contributed by atoms with Crippen molar-refractivity contribution in [1.29, 1.82) is 0 Å². The molecule has 0 aliphatic heterocycles. The van der Waals surface area contributed by atoms with Crippen molar-refractivity contribution in [3.63, 3.8) is 0 Å². The lowest BCUT2D eigenvalue weighted by Crippen LogP contribution is -2.43. The maximum absolute atomic E-state index is 15.2. The van der Waals surface area contributed by atoms with E-state index in [-0.39, 0.29) is 72.1 Å². The van der Waals surface area contributed by atoms with Gasteiger partial charge in [-0.2, -0.15) is 18.1 Å². The normalized spacial score (nSPS) is 11.2. The SMILES string of the molecule is COc1ccccc1Oc1c(OCCOC(=O)Oc2cccc(CO[N+](=O)[O-])c2)nc(-c2ccnc(-c3nnnn3COC(=O)OCCCCCO[N+](=O)[O-])c2)nc1N(C(C)OC(=O)OCCOCCO[N+](=O)[O-])S(=O)(=O)c1ccc(C)cn1. The molecule has 37 heteroatoms. The second-order valence-corrected chi connectivity index (χ2v) is 18.1. The molecule has 0 amide bonds. The average Bonchev–Trinajstić information content (AvgIpc) is 1.67. The van der Waals surface area contributed by atoms with Crippen molar-refractivity contribution in [2.75, 3.05) is 64.3 Å². The number of aryl methyl sites for hydroxylation is 1. The van der Waals surface area contributed by atoms with E-state index in [0.29, 0.717) is 29.1 Å². The Kier molecular flexibility index (Phi) is 23.4. The second-order valence-electron chi connectivity index (χ2n) is 16.3. The summed E-state index contributed by atoms with van der Waals surface area (Å²) >= 11 is 0. The van der Waals surface area contributed by atoms with Crippen molar-refractivity contribution in [2.45, 2.75) is 57.7 Å². The number of pyridine rings is 2. The van der Waals surface area contributed by atoms with Gasteiger partial charge in [-0.15, -0.1) is 35.4 Å². The Hall–Kier alpha value is -10.6. The average molecular weight is 1200 g/mol. The van der Waals surface area contributed by atoms with Crippen LogP contribution in [0.3, 0.4) is 0 Å². The number of carbonyl (C=O) groups excluding carboxylic acids is 3. The number of sulfonamides is 1. The number of carbonyl (C=O) groups is 3. The lowest BCUT2D eigenvalue weighted by atomic mass is 10.2. The lowest BCUT2D eigenvalue weighted by Gasteiger charge is -2.30. The van der Waals surface area contributed by atoms with Crippen LogP contribution < -0.4 is 23.3 Å². The molecular weight excluding hydrogens is 1150 g/mol. The molecule has 1 unspecified atom stereocenters. The number of rotatable bonds is 34. The molecule has 4 aromatic heterocycles. The predicted molar refractivity (Wildman–Crippen MR) is 274 cm³/mol. The lowest BCUT2D eigenvalue weighted by molar-refractivity contribution is -0.763. The number of aromatic nitrogens is 8. The number of anilines is 1. The van der Waals surface area contributed by atoms with Gasteiger partial charge in [0.2, 0.25) is 11.6 Å². The Balaban J connectivity index is 1.39. The summed E-state index contributed by atoms with van der Waals surface area (Å²) in [5.74, 6) is -2.32. The van der Waals surface area contributed by atoms with Crippen LogP contribution in [0.25, 0.3) is 22.9 Å². The van der Waals surface area contributed by atoms with Gasteiger partial charge in [0.25, 0.3) is 31.2 Å². The van der Waals surface area contributed by atoms with E-state index in [1.54, 1.807) is 19.1 Å². The Morgan fingerprint density at radius 3 is 2.19 bits per heavy atom. The molecule has 448 valence electrons. The quantitative estimate of drug-likeness (QED) is 0.00927. The first-order valence-corrected chi connectivity index (χ1v) is 25.9. The standard InChI is InChI=1S/C47H50N12O24S/c1-31-14-15-39(49-28-31)84(69,70)56(32(2)81-46(61)75-22-20-72-21-25-79-58(65)66)43-40(83-38-13-6-5-12-37(38)71-3)44(73-23-24-76-47(62)82-35-11-9-10-33(26-35)29-80-59(67)68)51-41(50-43)34-16-17-48-36(27-34)42-52-53-54-55(42)30-77-45(60)74-18-7-4-8-19-78-57(63)64/h5-6,9-17,26-28,32H,4,7-8,18-25,29-30H2,1-3H3. The van der Waals surface area contributed by atoms with E-state index in [9.17, 15) is 44.7 Å². The van der Waals surface area contributed by atoms with E-state index < -0.39 is 112 Å². The predicted octanol–water partition coefficient (Wildman–Crippen LogP) is 5.41. The van der Waals surface area contributed by atoms with Crippen LogP contribution in [0.2, 0.25) is 0 Å². The van der Waals surface area contributed by atoms with Crippen molar-refractivity contribution in [2.24, 2.45) is 0 Å². The summed E-state index contributed by atoms with van der Waals surface area (Å²) < 4.78 is 86.7. The number of benzene rings is 2. The first kappa shape index (κ1) is 62.6. The third-order valence-corrected chi connectivity index (χ3v) is 12.2. The van der Waals surface area contributed by atoms with Gasteiger partial charge in [0.1, 0.15) is 44.5 Å². The van der Waals surface area contributed by atoms with Crippen LogP contribution in [0, 0.1) is 37.3 Å². The molecule has 84 heavy (non-hydrogen) atoms. The number of para-hydroxylation sites is 2. The summed E-state index contributed by atoms with van der Waals surface area (Å²) in [6.07, 6.45) is -2.07. The van der Waals surface area contributed by atoms with Crippen molar-refractivity contribution >= 4 is 34.3 Å². The first-order chi connectivity index (χ1) is 40.4. The van der Waals surface area contributed by atoms with Gasteiger partial charge < -0.3 is 61.9 Å². The van der Waals surface area contributed by atoms with E-state index >= 15 is 8.42 Å². The van der Waals surface area contributed by atoms with Crippen LogP contribution in [0.5, 0.6) is 28.9 Å². The maximum atomic E-state index is 15.2. The van der Waals surface area contributed by atoms with E-state index in [1.807, 2.05) is 0 Å². The van der Waals surface area contributed by atoms with Crippen molar-refractivity contribution in [3.05, 3.63) is 127 Å². The zero-order valence-corrected chi connectivity index (χ0v) is 45.2. The molecule has 36 nitrogen and oxygen atoms in total. The fraction of sp³-hybridized carbons (Fsp3) is 0.362. The first-order valence-electron chi connectivity index (χ1n) is 24.4. The zero-order valence-electron chi connectivity index (χ0n) is 44.4. The summed E-state index contributed by atoms with van der Waals surface area (Å²) in [5.41, 5.74) is 0.882.